The maximum atomic E-state index is 5.45. The quantitative estimate of drug-likeness (QED) is 0.582. The van der Waals surface area contributed by atoms with Crippen LogP contribution in [0.4, 0.5) is 0 Å². The van der Waals surface area contributed by atoms with Crippen LogP contribution in [-0.4, -0.2) is 6.54 Å². The Labute approximate surface area is 63.3 Å². The van der Waals surface area contributed by atoms with Crippen molar-refractivity contribution in [2.75, 3.05) is 6.54 Å². The van der Waals surface area contributed by atoms with Gasteiger partial charge in [-0.05, 0) is 38.1 Å². The summed E-state index contributed by atoms with van der Waals surface area (Å²) in [6.45, 7) is 3.13. The minimum Gasteiger partial charge on any atom is -0.330 e. The summed E-state index contributed by atoms with van der Waals surface area (Å²) in [6.07, 6.45) is 7.42. The van der Waals surface area contributed by atoms with Gasteiger partial charge in [0, 0.05) is 0 Å². The number of allylic oxidation sites excluding steroid dienone is 1. The van der Waals surface area contributed by atoms with Gasteiger partial charge in [-0.2, -0.15) is 0 Å². The van der Waals surface area contributed by atoms with E-state index >= 15 is 0 Å². The van der Waals surface area contributed by atoms with E-state index in [1.165, 1.54) is 19.3 Å². The predicted octanol–water partition coefficient (Wildman–Crippen LogP) is 2.08. The van der Waals surface area contributed by atoms with Crippen molar-refractivity contribution >= 4 is 0 Å². The molecule has 1 rings (SSSR count). The van der Waals surface area contributed by atoms with E-state index in [0.29, 0.717) is 0 Å². The molecular weight excluding hydrogens is 122 g/mol. The molecule has 1 nitrogen and oxygen atoms in total. The molecule has 0 heterocycles. The first kappa shape index (κ1) is 7.80. The van der Waals surface area contributed by atoms with Crippen molar-refractivity contribution in [3.05, 3.63) is 11.6 Å². The molecule has 0 bridgehead atoms. The van der Waals surface area contributed by atoms with Crippen LogP contribution in [0.5, 0.6) is 0 Å². The predicted molar refractivity (Wildman–Crippen MR) is 44.8 cm³/mol. The van der Waals surface area contributed by atoms with Crippen molar-refractivity contribution in [1.82, 2.24) is 0 Å². The number of hydrogen-bond acceptors (Lipinski definition) is 1. The molecule has 0 saturated carbocycles. The Balaban J connectivity index is 2.33. The molecule has 0 amide bonds. The van der Waals surface area contributed by atoms with E-state index in [1.54, 1.807) is 5.57 Å². The van der Waals surface area contributed by atoms with Crippen LogP contribution in [0.15, 0.2) is 11.6 Å². The molecule has 1 aliphatic rings. The van der Waals surface area contributed by atoms with Gasteiger partial charge in [0.25, 0.3) is 0 Å². The normalized spacial score (nSPS) is 26.2. The van der Waals surface area contributed by atoms with Crippen molar-refractivity contribution in [2.45, 2.75) is 32.6 Å². The van der Waals surface area contributed by atoms with Crippen LogP contribution >= 0.6 is 0 Å². The van der Waals surface area contributed by atoms with Gasteiger partial charge in [0.05, 0.1) is 0 Å². The maximum absolute atomic E-state index is 5.45. The summed E-state index contributed by atoms with van der Waals surface area (Å²) >= 11 is 0. The van der Waals surface area contributed by atoms with Gasteiger partial charge >= 0.3 is 0 Å². The lowest BCUT2D eigenvalue weighted by molar-refractivity contribution is 0.506. The second-order valence-corrected chi connectivity index (χ2v) is 3.28. The van der Waals surface area contributed by atoms with Crippen LogP contribution in [0.2, 0.25) is 0 Å². The maximum Gasteiger partial charge on any atom is -0.00399 e. The van der Waals surface area contributed by atoms with E-state index in [-0.39, 0.29) is 0 Å². The van der Waals surface area contributed by atoms with Gasteiger partial charge < -0.3 is 5.73 Å². The molecule has 1 atom stereocenters. The van der Waals surface area contributed by atoms with Gasteiger partial charge in [0.15, 0.2) is 0 Å². The van der Waals surface area contributed by atoms with Crippen LogP contribution < -0.4 is 5.73 Å². The SMILES string of the molecule is CC1CC=C(CCN)CC1. The molecule has 1 aliphatic carbocycles. The lowest BCUT2D eigenvalue weighted by Crippen LogP contribution is -2.06. The Morgan fingerprint density at radius 1 is 1.70 bits per heavy atom. The molecule has 0 radical (unpaired) electrons. The first-order valence-corrected chi connectivity index (χ1v) is 4.21. The zero-order valence-electron chi connectivity index (χ0n) is 6.77. The average molecular weight is 139 g/mol. The van der Waals surface area contributed by atoms with Crippen LogP contribution in [0, 0.1) is 5.92 Å². The van der Waals surface area contributed by atoms with E-state index in [2.05, 4.69) is 13.0 Å². The minimum atomic E-state index is 0.820. The zero-order chi connectivity index (χ0) is 7.40. The molecule has 10 heavy (non-hydrogen) atoms. The third-order valence-corrected chi connectivity index (χ3v) is 2.23. The number of rotatable bonds is 2. The third kappa shape index (κ3) is 2.14. The van der Waals surface area contributed by atoms with Gasteiger partial charge in [-0.15, -0.1) is 0 Å². The number of nitrogens with two attached hydrogens (primary N) is 1. The van der Waals surface area contributed by atoms with Crippen LogP contribution in [0.3, 0.4) is 0 Å². The van der Waals surface area contributed by atoms with Crippen LogP contribution in [0.25, 0.3) is 0 Å². The first-order valence-electron chi connectivity index (χ1n) is 4.21. The average Bonchev–Trinajstić information content (AvgIpc) is 1.95. The lowest BCUT2D eigenvalue weighted by Gasteiger charge is -2.17. The molecule has 1 unspecified atom stereocenters. The smallest absolute Gasteiger partial charge is 0.00399 e. The lowest BCUT2D eigenvalue weighted by atomic mass is 9.90. The highest BCUT2D eigenvalue weighted by molar-refractivity contribution is 5.06. The molecule has 0 aromatic carbocycles. The Kier molecular flexibility index (Phi) is 2.94. The summed E-state index contributed by atoms with van der Waals surface area (Å²) in [4.78, 5) is 0. The molecule has 0 fully saturated rings. The van der Waals surface area contributed by atoms with E-state index in [9.17, 15) is 0 Å². The number of hydrogen-bond donors (Lipinski definition) is 1. The van der Waals surface area contributed by atoms with Crippen molar-refractivity contribution in [1.29, 1.82) is 0 Å². The molecule has 1 heteroatoms. The largest absolute Gasteiger partial charge is 0.330 e. The third-order valence-electron chi connectivity index (χ3n) is 2.23. The summed E-state index contributed by atoms with van der Waals surface area (Å²) < 4.78 is 0. The van der Waals surface area contributed by atoms with E-state index in [1.807, 2.05) is 0 Å². The summed E-state index contributed by atoms with van der Waals surface area (Å²) in [5.41, 5.74) is 7.04. The van der Waals surface area contributed by atoms with Crippen molar-refractivity contribution in [3.63, 3.8) is 0 Å². The molecule has 58 valence electrons. The monoisotopic (exact) mass is 139 g/mol. The highest BCUT2D eigenvalue weighted by atomic mass is 14.5. The van der Waals surface area contributed by atoms with Gasteiger partial charge in [0.2, 0.25) is 0 Å². The Morgan fingerprint density at radius 2 is 2.50 bits per heavy atom. The Hall–Kier alpha value is -0.300. The van der Waals surface area contributed by atoms with Crippen molar-refractivity contribution in [2.24, 2.45) is 11.7 Å². The molecule has 0 spiro atoms. The molecule has 0 aromatic rings. The second-order valence-electron chi connectivity index (χ2n) is 3.28. The fourth-order valence-electron chi connectivity index (χ4n) is 1.43. The fourth-order valence-corrected chi connectivity index (χ4v) is 1.43. The standard InChI is InChI=1S/C9H17N/c1-8-2-4-9(5-3-8)6-7-10/h4,8H,2-3,5-7,10H2,1H3. The zero-order valence-corrected chi connectivity index (χ0v) is 6.77. The molecular formula is C9H17N. The highest BCUT2D eigenvalue weighted by Gasteiger charge is 2.08. The molecule has 0 aliphatic heterocycles. The van der Waals surface area contributed by atoms with Gasteiger partial charge in [-0.3, -0.25) is 0 Å². The van der Waals surface area contributed by atoms with E-state index in [4.69, 9.17) is 5.73 Å². The topological polar surface area (TPSA) is 26.0 Å². The molecule has 2 N–H and O–H groups in total. The highest BCUT2D eigenvalue weighted by Crippen LogP contribution is 2.23. The van der Waals surface area contributed by atoms with E-state index < -0.39 is 0 Å². The molecule has 0 saturated heterocycles. The Bertz CT molecular complexity index is 127. The van der Waals surface area contributed by atoms with E-state index in [0.717, 1.165) is 18.9 Å². The van der Waals surface area contributed by atoms with Gasteiger partial charge in [-0.25, -0.2) is 0 Å². The fraction of sp³-hybridized carbons (Fsp3) is 0.778. The van der Waals surface area contributed by atoms with Crippen LogP contribution in [-0.2, 0) is 0 Å². The van der Waals surface area contributed by atoms with Crippen molar-refractivity contribution < 1.29 is 0 Å². The van der Waals surface area contributed by atoms with Crippen molar-refractivity contribution in [3.8, 4) is 0 Å². The first-order chi connectivity index (χ1) is 4.83. The van der Waals surface area contributed by atoms with Crippen LogP contribution in [0.1, 0.15) is 32.6 Å². The second kappa shape index (κ2) is 3.77. The van der Waals surface area contributed by atoms with Gasteiger partial charge in [-0.1, -0.05) is 18.6 Å². The minimum absolute atomic E-state index is 0.820. The summed E-state index contributed by atoms with van der Waals surface area (Å²) in [7, 11) is 0. The summed E-state index contributed by atoms with van der Waals surface area (Å²) in [5, 5.41) is 0. The summed E-state index contributed by atoms with van der Waals surface area (Å²) in [6, 6.07) is 0. The molecule has 0 aromatic heterocycles. The van der Waals surface area contributed by atoms with Gasteiger partial charge in [0.1, 0.15) is 0 Å². The Morgan fingerprint density at radius 3 is 3.00 bits per heavy atom. The summed E-state index contributed by atoms with van der Waals surface area (Å²) in [5.74, 6) is 0.904.